The highest BCUT2D eigenvalue weighted by molar-refractivity contribution is 5.91. The minimum absolute atomic E-state index is 0.195. The van der Waals surface area contributed by atoms with Gasteiger partial charge in [0.15, 0.2) is 5.65 Å². The molecule has 1 N–H and O–H groups in total. The number of rotatable bonds is 9. The van der Waals surface area contributed by atoms with Gasteiger partial charge in [-0.15, -0.1) is 5.10 Å². The summed E-state index contributed by atoms with van der Waals surface area (Å²) in [6.45, 7) is 6.77. The monoisotopic (exact) mass is 498 g/mol. The molecule has 190 valence electrons. The smallest absolute Gasteiger partial charge is 0.350 e. The van der Waals surface area contributed by atoms with Crippen molar-refractivity contribution in [1.29, 1.82) is 0 Å². The summed E-state index contributed by atoms with van der Waals surface area (Å²) in [5, 5.41) is 12.0. The number of nitrogens with zero attached hydrogens (tertiary/aromatic N) is 5. The van der Waals surface area contributed by atoms with Crippen LogP contribution in [0.15, 0.2) is 71.8 Å². The van der Waals surface area contributed by atoms with Crippen molar-refractivity contribution in [3.05, 3.63) is 83.0 Å². The molecule has 3 aromatic heterocycles. The van der Waals surface area contributed by atoms with Gasteiger partial charge in [-0.1, -0.05) is 45.4 Å². The molecule has 0 radical (unpaired) electrons. The maximum Gasteiger partial charge on any atom is 0.350 e. The number of ether oxygens (including phenoxy) is 1. The molecule has 9 heteroatoms. The molecular weight excluding hydrogens is 468 g/mol. The first kappa shape index (κ1) is 24.3. The molecule has 0 spiro atoms. The van der Waals surface area contributed by atoms with Crippen LogP contribution in [0, 0.1) is 0 Å². The fourth-order valence-corrected chi connectivity index (χ4v) is 4.27. The van der Waals surface area contributed by atoms with Gasteiger partial charge in [-0.05, 0) is 54.3 Å². The number of benzene rings is 2. The van der Waals surface area contributed by atoms with Crippen molar-refractivity contribution in [3.8, 4) is 17.0 Å². The first-order valence-corrected chi connectivity index (χ1v) is 12.5. The van der Waals surface area contributed by atoms with E-state index in [-0.39, 0.29) is 24.1 Å². The van der Waals surface area contributed by atoms with Gasteiger partial charge in [0.2, 0.25) is 5.91 Å². The van der Waals surface area contributed by atoms with Crippen LogP contribution in [0.1, 0.15) is 45.1 Å². The van der Waals surface area contributed by atoms with Gasteiger partial charge < -0.3 is 10.1 Å². The number of para-hydroxylation sites is 1. The van der Waals surface area contributed by atoms with Crippen LogP contribution in [0.4, 0.5) is 5.69 Å². The Hall–Kier alpha value is -4.40. The fourth-order valence-electron chi connectivity index (χ4n) is 4.27. The Balaban J connectivity index is 1.40. The minimum Gasteiger partial charge on any atom is -0.494 e. The molecule has 0 aliphatic carbocycles. The zero-order chi connectivity index (χ0) is 25.9. The van der Waals surface area contributed by atoms with Crippen molar-refractivity contribution >= 4 is 22.8 Å². The third-order valence-corrected chi connectivity index (χ3v) is 6.26. The molecule has 0 bridgehead atoms. The van der Waals surface area contributed by atoms with Crippen LogP contribution in [0.5, 0.6) is 5.75 Å². The molecule has 0 unspecified atom stereocenters. The summed E-state index contributed by atoms with van der Waals surface area (Å²) < 4.78 is 10.0. The van der Waals surface area contributed by atoms with E-state index in [2.05, 4.69) is 36.3 Å². The SMILES string of the molecule is CCCCOc1ccc(-c2cc3c4nn(CC(=O)Nc5ccccc5C(C)C)c(=O)n4ccn3n2)cc1. The minimum atomic E-state index is -0.388. The van der Waals surface area contributed by atoms with Crippen LogP contribution < -0.4 is 15.7 Å². The van der Waals surface area contributed by atoms with E-state index in [0.29, 0.717) is 17.8 Å². The number of carbonyl (C=O) groups is 1. The Morgan fingerprint density at radius 2 is 1.84 bits per heavy atom. The lowest BCUT2D eigenvalue weighted by Gasteiger charge is -2.13. The van der Waals surface area contributed by atoms with Crippen molar-refractivity contribution < 1.29 is 9.53 Å². The second-order valence-corrected chi connectivity index (χ2v) is 9.31. The van der Waals surface area contributed by atoms with Gasteiger partial charge in [0, 0.05) is 23.6 Å². The summed E-state index contributed by atoms with van der Waals surface area (Å²) >= 11 is 0. The number of hydrogen-bond acceptors (Lipinski definition) is 5. The van der Waals surface area contributed by atoms with Crippen molar-refractivity contribution in [3.63, 3.8) is 0 Å². The molecule has 0 saturated heterocycles. The van der Waals surface area contributed by atoms with Crippen molar-refractivity contribution in [2.75, 3.05) is 11.9 Å². The van der Waals surface area contributed by atoms with E-state index >= 15 is 0 Å². The zero-order valence-electron chi connectivity index (χ0n) is 21.2. The Morgan fingerprint density at radius 3 is 2.59 bits per heavy atom. The first-order valence-electron chi connectivity index (χ1n) is 12.5. The molecule has 37 heavy (non-hydrogen) atoms. The van der Waals surface area contributed by atoms with E-state index < -0.39 is 0 Å². The van der Waals surface area contributed by atoms with Gasteiger partial charge in [-0.3, -0.25) is 4.79 Å². The zero-order valence-corrected chi connectivity index (χ0v) is 21.2. The number of anilines is 1. The first-order chi connectivity index (χ1) is 17.9. The summed E-state index contributed by atoms with van der Waals surface area (Å²) in [7, 11) is 0. The third-order valence-electron chi connectivity index (χ3n) is 6.26. The van der Waals surface area contributed by atoms with Crippen LogP contribution in [-0.4, -0.2) is 36.3 Å². The number of hydrogen-bond donors (Lipinski definition) is 1. The highest BCUT2D eigenvalue weighted by atomic mass is 16.5. The number of unbranched alkanes of at least 4 members (excludes halogenated alkanes) is 1. The molecule has 5 aromatic rings. The molecule has 0 atom stereocenters. The highest BCUT2D eigenvalue weighted by Gasteiger charge is 2.16. The average Bonchev–Trinajstić information content (AvgIpc) is 3.46. The summed E-state index contributed by atoms with van der Waals surface area (Å²) in [5.74, 6) is 0.761. The lowest BCUT2D eigenvalue weighted by molar-refractivity contribution is -0.117. The van der Waals surface area contributed by atoms with Gasteiger partial charge in [0.1, 0.15) is 17.8 Å². The largest absolute Gasteiger partial charge is 0.494 e. The van der Waals surface area contributed by atoms with E-state index in [1.165, 1.54) is 9.08 Å². The topological polar surface area (TPSA) is 94.9 Å². The Bertz CT molecular complexity index is 1610. The molecule has 5 rings (SSSR count). The number of amides is 1. The fraction of sp³-hybridized carbons (Fsp3) is 0.286. The van der Waals surface area contributed by atoms with Crippen LogP contribution in [-0.2, 0) is 11.3 Å². The van der Waals surface area contributed by atoms with Crippen LogP contribution >= 0.6 is 0 Å². The van der Waals surface area contributed by atoms with E-state index in [9.17, 15) is 9.59 Å². The van der Waals surface area contributed by atoms with E-state index in [0.717, 1.165) is 41.1 Å². The third kappa shape index (κ3) is 4.97. The van der Waals surface area contributed by atoms with Crippen molar-refractivity contribution in [2.45, 2.75) is 46.1 Å². The quantitative estimate of drug-likeness (QED) is 0.296. The predicted octanol–water partition coefficient (Wildman–Crippen LogP) is 4.75. The average molecular weight is 499 g/mol. The lowest BCUT2D eigenvalue weighted by Crippen LogP contribution is -2.28. The summed E-state index contributed by atoms with van der Waals surface area (Å²) in [4.78, 5) is 25.8. The molecular formula is C28H30N6O3. The van der Waals surface area contributed by atoms with Crippen LogP contribution in [0.2, 0.25) is 0 Å². The van der Waals surface area contributed by atoms with Crippen molar-refractivity contribution in [2.24, 2.45) is 0 Å². The second kappa shape index (κ2) is 10.3. The normalized spacial score (nSPS) is 11.5. The molecule has 0 aliphatic rings. The van der Waals surface area contributed by atoms with E-state index in [1.807, 2.05) is 54.6 Å². The van der Waals surface area contributed by atoms with Gasteiger partial charge in [0.25, 0.3) is 0 Å². The molecule has 0 fully saturated rings. The predicted molar refractivity (Wildman–Crippen MR) is 143 cm³/mol. The maximum atomic E-state index is 13.0. The molecule has 0 aliphatic heterocycles. The van der Waals surface area contributed by atoms with E-state index in [1.54, 1.807) is 16.9 Å². The van der Waals surface area contributed by atoms with Crippen LogP contribution in [0.3, 0.4) is 0 Å². The van der Waals surface area contributed by atoms with E-state index in [4.69, 9.17) is 4.74 Å². The summed E-state index contributed by atoms with van der Waals surface area (Å²) in [5.41, 5.74) is 4.16. The maximum absolute atomic E-state index is 13.0. The molecule has 2 aromatic carbocycles. The Labute approximate surface area is 214 Å². The standard InChI is InChI=1S/C28H30N6O3/c1-4-5-16-37-21-12-10-20(11-13-21)24-17-25-27-31-34(28(36)32(27)14-15-33(25)30-24)18-26(35)29-23-9-7-6-8-22(23)19(2)3/h6-15,17,19H,4-5,16,18H2,1-3H3,(H,29,35). The Morgan fingerprint density at radius 1 is 1.05 bits per heavy atom. The van der Waals surface area contributed by atoms with Gasteiger partial charge in [-0.25, -0.2) is 18.4 Å². The van der Waals surface area contributed by atoms with Crippen molar-refractivity contribution in [1.82, 2.24) is 23.8 Å². The molecule has 0 saturated carbocycles. The number of fused-ring (bicyclic) bond motifs is 3. The number of carbonyl (C=O) groups excluding carboxylic acids is 1. The molecule has 3 heterocycles. The lowest BCUT2D eigenvalue weighted by atomic mass is 10.0. The summed E-state index contributed by atoms with van der Waals surface area (Å²) in [6, 6.07) is 17.3. The van der Waals surface area contributed by atoms with Gasteiger partial charge in [0.05, 0.1) is 12.3 Å². The highest BCUT2D eigenvalue weighted by Crippen LogP contribution is 2.25. The Kier molecular flexibility index (Phi) is 6.76. The van der Waals surface area contributed by atoms with Crippen LogP contribution in [0.25, 0.3) is 22.4 Å². The number of nitrogens with one attached hydrogen (secondary N) is 1. The molecule has 1 amide bonds. The molecule has 9 nitrogen and oxygen atoms in total. The summed E-state index contributed by atoms with van der Waals surface area (Å²) in [6.07, 6.45) is 5.43. The number of aromatic nitrogens is 5. The second-order valence-electron chi connectivity index (χ2n) is 9.31. The van der Waals surface area contributed by atoms with Gasteiger partial charge in [-0.2, -0.15) is 5.10 Å². The van der Waals surface area contributed by atoms with Gasteiger partial charge >= 0.3 is 5.69 Å².